The number of hydrogen-bond acceptors (Lipinski definition) is 3. The molecule has 0 aromatic heterocycles. The summed E-state index contributed by atoms with van der Waals surface area (Å²) in [6, 6.07) is 0. The molecule has 0 aliphatic carbocycles. The minimum absolute atomic E-state index is 0.286. The van der Waals surface area contributed by atoms with E-state index in [0.717, 1.165) is 0 Å². The van der Waals surface area contributed by atoms with E-state index >= 15 is 0 Å². The predicted octanol–water partition coefficient (Wildman–Crippen LogP) is -0.285. The fourth-order valence-electron chi connectivity index (χ4n) is 1.11. The summed E-state index contributed by atoms with van der Waals surface area (Å²) in [5, 5.41) is 17.8. The SMILES string of the molecule is CP1(=O)CC(O)C(O)C1. The van der Waals surface area contributed by atoms with Crippen LogP contribution in [-0.4, -0.2) is 41.4 Å². The molecule has 0 aromatic carbocycles. The number of aliphatic hydroxyl groups excluding tert-OH is 2. The molecule has 0 bridgehead atoms. The van der Waals surface area contributed by atoms with Crippen LogP contribution < -0.4 is 0 Å². The van der Waals surface area contributed by atoms with Crippen molar-refractivity contribution in [2.24, 2.45) is 0 Å². The molecule has 1 aliphatic heterocycles. The monoisotopic (exact) mass is 150 g/mol. The predicted molar refractivity (Wildman–Crippen MR) is 35.3 cm³/mol. The number of hydrogen-bond donors (Lipinski definition) is 2. The Bertz CT molecular complexity index is 142. The molecule has 1 saturated heterocycles. The molecule has 2 unspecified atom stereocenters. The van der Waals surface area contributed by atoms with E-state index in [1.807, 2.05) is 0 Å². The van der Waals surface area contributed by atoms with E-state index in [9.17, 15) is 4.57 Å². The van der Waals surface area contributed by atoms with Crippen molar-refractivity contribution in [1.82, 2.24) is 0 Å². The molecule has 0 aromatic rings. The van der Waals surface area contributed by atoms with Gasteiger partial charge >= 0.3 is 0 Å². The molecule has 0 radical (unpaired) electrons. The number of aliphatic hydroxyl groups is 2. The summed E-state index contributed by atoms with van der Waals surface area (Å²) >= 11 is 0. The maximum atomic E-state index is 11.1. The molecule has 4 heteroatoms. The highest BCUT2D eigenvalue weighted by atomic mass is 31.2. The van der Waals surface area contributed by atoms with E-state index in [-0.39, 0.29) is 12.3 Å². The first-order chi connectivity index (χ1) is 4.01. The smallest absolute Gasteiger partial charge is 0.0900 e. The molecule has 2 N–H and O–H groups in total. The Morgan fingerprint density at radius 1 is 1.33 bits per heavy atom. The molecule has 9 heavy (non-hydrogen) atoms. The van der Waals surface area contributed by atoms with E-state index in [4.69, 9.17) is 10.2 Å². The molecular weight excluding hydrogens is 139 g/mol. The fraction of sp³-hybridized carbons (Fsp3) is 1.00. The van der Waals surface area contributed by atoms with Gasteiger partial charge in [-0.1, -0.05) is 0 Å². The van der Waals surface area contributed by atoms with Crippen molar-refractivity contribution in [3.63, 3.8) is 0 Å². The van der Waals surface area contributed by atoms with Crippen LogP contribution in [0.5, 0.6) is 0 Å². The Morgan fingerprint density at radius 3 is 1.78 bits per heavy atom. The van der Waals surface area contributed by atoms with E-state index in [1.54, 1.807) is 6.66 Å². The minimum atomic E-state index is -2.16. The third-order valence-electron chi connectivity index (χ3n) is 1.59. The second-order valence-electron chi connectivity index (χ2n) is 2.80. The third-order valence-corrected chi connectivity index (χ3v) is 3.88. The van der Waals surface area contributed by atoms with Crippen molar-refractivity contribution in [3.05, 3.63) is 0 Å². The van der Waals surface area contributed by atoms with E-state index in [2.05, 4.69) is 0 Å². The molecule has 0 spiro atoms. The second kappa shape index (κ2) is 2.08. The maximum absolute atomic E-state index is 11.1. The first kappa shape index (κ1) is 7.26. The quantitative estimate of drug-likeness (QED) is 0.467. The van der Waals surface area contributed by atoms with Crippen LogP contribution in [-0.2, 0) is 4.57 Å². The van der Waals surface area contributed by atoms with Gasteiger partial charge in [0.15, 0.2) is 0 Å². The van der Waals surface area contributed by atoms with Crippen molar-refractivity contribution in [3.8, 4) is 0 Å². The zero-order valence-electron chi connectivity index (χ0n) is 5.32. The molecule has 1 heterocycles. The fourth-order valence-corrected chi connectivity index (χ4v) is 3.33. The van der Waals surface area contributed by atoms with Crippen LogP contribution in [0.25, 0.3) is 0 Å². The Labute approximate surface area is 54.1 Å². The molecule has 0 amide bonds. The van der Waals surface area contributed by atoms with Gasteiger partial charge in [0.25, 0.3) is 0 Å². The standard InChI is InChI=1S/C5H11O3P/c1-9(8)2-4(6)5(7)3-9/h4-7H,2-3H2,1H3. The summed E-state index contributed by atoms with van der Waals surface area (Å²) < 4.78 is 11.1. The van der Waals surface area contributed by atoms with Gasteiger partial charge in [0.1, 0.15) is 0 Å². The highest BCUT2D eigenvalue weighted by Gasteiger charge is 2.36. The van der Waals surface area contributed by atoms with Crippen molar-refractivity contribution in [1.29, 1.82) is 0 Å². The second-order valence-corrected chi connectivity index (χ2v) is 6.12. The van der Waals surface area contributed by atoms with Gasteiger partial charge in [-0.2, -0.15) is 0 Å². The molecule has 1 rings (SSSR count). The highest BCUT2D eigenvalue weighted by Crippen LogP contribution is 2.48. The molecule has 0 saturated carbocycles. The Balaban J connectivity index is 2.65. The normalized spacial score (nSPS) is 51.9. The molecule has 54 valence electrons. The van der Waals surface area contributed by atoms with Crippen LogP contribution in [0.3, 0.4) is 0 Å². The van der Waals surface area contributed by atoms with Crippen molar-refractivity contribution < 1.29 is 14.8 Å². The van der Waals surface area contributed by atoms with Gasteiger partial charge in [-0.05, 0) is 6.66 Å². The van der Waals surface area contributed by atoms with Gasteiger partial charge in [0.2, 0.25) is 0 Å². The van der Waals surface area contributed by atoms with E-state index in [1.165, 1.54) is 0 Å². The molecule has 3 nitrogen and oxygen atoms in total. The van der Waals surface area contributed by atoms with Gasteiger partial charge in [-0.3, -0.25) is 0 Å². The van der Waals surface area contributed by atoms with Gasteiger partial charge in [-0.25, -0.2) is 0 Å². The molecule has 2 atom stereocenters. The van der Waals surface area contributed by atoms with Crippen LogP contribution in [0.1, 0.15) is 0 Å². The number of rotatable bonds is 0. The lowest BCUT2D eigenvalue weighted by molar-refractivity contribution is 0.0572. The van der Waals surface area contributed by atoms with Gasteiger partial charge in [0.05, 0.1) is 19.3 Å². The lowest BCUT2D eigenvalue weighted by Gasteiger charge is -2.02. The Morgan fingerprint density at radius 2 is 1.67 bits per heavy atom. The average Bonchev–Trinajstić information content (AvgIpc) is 1.79. The van der Waals surface area contributed by atoms with E-state index < -0.39 is 19.3 Å². The van der Waals surface area contributed by atoms with Gasteiger partial charge in [-0.15, -0.1) is 0 Å². The zero-order chi connectivity index (χ0) is 7.07. The molecular formula is C5H11O3P. The van der Waals surface area contributed by atoms with Crippen LogP contribution >= 0.6 is 7.14 Å². The maximum Gasteiger partial charge on any atom is 0.0900 e. The first-order valence-corrected chi connectivity index (χ1v) is 5.45. The van der Waals surface area contributed by atoms with Gasteiger partial charge in [0, 0.05) is 12.3 Å². The lowest BCUT2D eigenvalue weighted by atomic mass is 10.3. The molecule has 1 fully saturated rings. The largest absolute Gasteiger partial charge is 0.390 e. The highest BCUT2D eigenvalue weighted by molar-refractivity contribution is 7.63. The lowest BCUT2D eigenvalue weighted by Crippen LogP contribution is -2.22. The van der Waals surface area contributed by atoms with Crippen LogP contribution in [0, 0.1) is 0 Å². The summed E-state index contributed by atoms with van der Waals surface area (Å²) in [5.74, 6) is 0. The summed E-state index contributed by atoms with van der Waals surface area (Å²) in [7, 11) is -2.16. The first-order valence-electron chi connectivity index (χ1n) is 2.93. The minimum Gasteiger partial charge on any atom is -0.390 e. The summed E-state index contributed by atoms with van der Waals surface area (Å²) in [6.07, 6.45) is -0.927. The van der Waals surface area contributed by atoms with Gasteiger partial charge < -0.3 is 14.8 Å². The van der Waals surface area contributed by atoms with Crippen molar-refractivity contribution in [2.75, 3.05) is 19.0 Å². The van der Waals surface area contributed by atoms with Crippen LogP contribution in [0.15, 0.2) is 0 Å². The zero-order valence-corrected chi connectivity index (χ0v) is 6.21. The Hall–Kier alpha value is 0.150. The summed E-state index contributed by atoms with van der Waals surface area (Å²) in [5.41, 5.74) is 0. The topological polar surface area (TPSA) is 57.5 Å². The van der Waals surface area contributed by atoms with Crippen molar-refractivity contribution in [2.45, 2.75) is 12.2 Å². The summed E-state index contributed by atoms with van der Waals surface area (Å²) in [4.78, 5) is 0. The van der Waals surface area contributed by atoms with E-state index in [0.29, 0.717) is 0 Å². The Kier molecular flexibility index (Phi) is 1.68. The van der Waals surface area contributed by atoms with Crippen LogP contribution in [0.2, 0.25) is 0 Å². The average molecular weight is 150 g/mol. The third kappa shape index (κ3) is 1.54. The summed E-state index contributed by atoms with van der Waals surface area (Å²) in [6.45, 7) is 1.62. The van der Waals surface area contributed by atoms with Crippen molar-refractivity contribution >= 4 is 7.14 Å². The van der Waals surface area contributed by atoms with Crippen LogP contribution in [0.4, 0.5) is 0 Å². The molecule has 1 aliphatic rings.